The van der Waals surface area contributed by atoms with E-state index < -0.39 is 18.0 Å². The van der Waals surface area contributed by atoms with E-state index in [0.717, 1.165) is 6.42 Å². The molecule has 3 N–H and O–H groups in total. The molecule has 0 radical (unpaired) electrons. The monoisotopic (exact) mass is 532 g/mol. The molecule has 0 spiro atoms. The van der Waals surface area contributed by atoms with Gasteiger partial charge in [-0.3, -0.25) is 4.90 Å². The van der Waals surface area contributed by atoms with Gasteiger partial charge in [0, 0.05) is 17.9 Å². The zero-order valence-electron chi connectivity index (χ0n) is 20.7. The van der Waals surface area contributed by atoms with E-state index in [1.54, 1.807) is 54.3 Å². The minimum absolute atomic E-state index is 0.176. The van der Waals surface area contributed by atoms with Crippen LogP contribution in [0.1, 0.15) is 45.7 Å². The number of carbonyl (C=O) groups is 3. The Labute approximate surface area is 221 Å². The number of nitrogens with one attached hydrogen (secondary N) is 3. The number of halogens is 2. The Morgan fingerprint density at radius 2 is 1.72 bits per heavy atom. The molecule has 8 nitrogen and oxygen atoms in total. The molecule has 0 fully saturated rings. The second kappa shape index (κ2) is 12.1. The summed E-state index contributed by atoms with van der Waals surface area (Å²) >= 11 is 12.2. The topological polar surface area (TPSA) is 99.8 Å². The van der Waals surface area contributed by atoms with Gasteiger partial charge in [0.25, 0.3) is 0 Å². The van der Waals surface area contributed by atoms with Gasteiger partial charge in [-0.2, -0.15) is 0 Å². The SMILES string of the molecule is CCCN1C(=O)N[C@H](c2ccc(NC(=O)Nc3c(Cl)cccc3Cl)cc2)C(C(=O)OCC(C)C)=C1C. The highest BCUT2D eigenvalue weighted by Crippen LogP contribution is 2.33. The molecule has 0 unspecified atom stereocenters. The molecule has 0 bridgehead atoms. The van der Waals surface area contributed by atoms with Crippen LogP contribution in [0.4, 0.5) is 21.0 Å². The van der Waals surface area contributed by atoms with Crippen LogP contribution in [0.15, 0.2) is 53.7 Å². The third-order valence-electron chi connectivity index (χ3n) is 5.51. The van der Waals surface area contributed by atoms with Gasteiger partial charge >= 0.3 is 18.0 Å². The number of hydrogen-bond acceptors (Lipinski definition) is 4. The van der Waals surface area contributed by atoms with Crippen LogP contribution >= 0.6 is 23.2 Å². The number of anilines is 2. The number of hydrogen-bond donors (Lipinski definition) is 3. The molecule has 36 heavy (non-hydrogen) atoms. The van der Waals surface area contributed by atoms with Crippen LogP contribution in [-0.2, 0) is 9.53 Å². The van der Waals surface area contributed by atoms with Crippen molar-refractivity contribution in [3.8, 4) is 0 Å². The maximum Gasteiger partial charge on any atom is 0.338 e. The Kier molecular flexibility index (Phi) is 9.23. The Hall–Kier alpha value is -3.23. The van der Waals surface area contributed by atoms with Crippen molar-refractivity contribution in [2.75, 3.05) is 23.8 Å². The van der Waals surface area contributed by atoms with E-state index in [2.05, 4.69) is 16.0 Å². The summed E-state index contributed by atoms with van der Waals surface area (Å²) in [6.45, 7) is 8.40. The summed E-state index contributed by atoms with van der Waals surface area (Å²) in [4.78, 5) is 39.9. The first kappa shape index (κ1) is 27.4. The molecule has 0 saturated heterocycles. The third-order valence-corrected chi connectivity index (χ3v) is 6.14. The minimum atomic E-state index is -0.685. The number of carbonyl (C=O) groups excluding carboxylic acids is 3. The minimum Gasteiger partial charge on any atom is -0.462 e. The molecular weight excluding hydrogens is 503 g/mol. The number of amides is 4. The lowest BCUT2D eigenvalue weighted by molar-refractivity contribution is -0.140. The van der Waals surface area contributed by atoms with Gasteiger partial charge in [0.15, 0.2) is 0 Å². The van der Waals surface area contributed by atoms with Crippen molar-refractivity contribution in [2.24, 2.45) is 5.92 Å². The number of rotatable bonds is 8. The highest BCUT2D eigenvalue weighted by molar-refractivity contribution is 6.39. The van der Waals surface area contributed by atoms with Crippen LogP contribution in [-0.4, -0.2) is 36.1 Å². The summed E-state index contributed by atoms with van der Waals surface area (Å²) < 4.78 is 5.52. The fourth-order valence-corrected chi connectivity index (χ4v) is 4.25. The summed E-state index contributed by atoms with van der Waals surface area (Å²) in [6.07, 6.45) is 0.742. The van der Waals surface area contributed by atoms with Crippen LogP contribution in [0.2, 0.25) is 10.0 Å². The van der Waals surface area contributed by atoms with Gasteiger partial charge in [0.2, 0.25) is 0 Å². The predicted octanol–water partition coefficient (Wildman–Crippen LogP) is 6.59. The second-order valence-electron chi connectivity index (χ2n) is 8.82. The fourth-order valence-electron chi connectivity index (χ4n) is 3.76. The molecule has 2 aromatic rings. The number of allylic oxidation sites excluding steroid dienone is 1. The van der Waals surface area contributed by atoms with Crippen LogP contribution in [0.25, 0.3) is 0 Å². The van der Waals surface area contributed by atoms with Gasteiger partial charge in [-0.15, -0.1) is 0 Å². The largest absolute Gasteiger partial charge is 0.462 e. The summed E-state index contributed by atoms with van der Waals surface area (Å²) in [7, 11) is 0. The van der Waals surface area contributed by atoms with E-state index in [9.17, 15) is 14.4 Å². The Morgan fingerprint density at radius 3 is 2.31 bits per heavy atom. The fraction of sp³-hybridized carbons (Fsp3) is 0.346. The molecule has 1 aliphatic rings. The van der Waals surface area contributed by atoms with E-state index in [1.165, 1.54) is 0 Å². The maximum absolute atomic E-state index is 13.0. The van der Waals surface area contributed by atoms with Gasteiger partial charge in [-0.1, -0.05) is 62.2 Å². The van der Waals surface area contributed by atoms with Gasteiger partial charge in [-0.25, -0.2) is 14.4 Å². The lowest BCUT2D eigenvalue weighted by atomic mass is 9.94. The third kappa shape index (κ3) is 6.50. The Morgan fingerprint density at radius 1 is 1.08 bits per heavy atom. The standard InChI is InChI=1S/C26H30Cl2N4O4/c1-5-13-32-16(4)21(24(33)36-14-15(2)3)22(31-26(32)35)17-9-11-18(12-10-17)29-25(34)30-23-19(27)7-6-8-20(23)28/h6-12,15,22H,5,13-14H2,1-4H3,(H,31,35)(H2,29,30,34)/t22-/m1/s1. The first-order chi connectivity index (χ1) is 17.1. The lowest BCUT2D eigenvalue weighted by Crippen LogP contribution is -2.48. The van der Waals surface area contributed by atoms with Crippen LogP contribution < -0.4 is 16.0 Å². The van der Waals surface area contributed by atoms with Gasteiger partial charge in [-0.05, 0) is 49.1 Å². The summed E-state index contributed by atoms with van der Waals surface area (Å²) in [6, 6.07) is 10.3. The molecule has 192 valence electrons. The summed E-state index contributed by atoms with van der Waals surface area (Å²) in [5.74, 6) is -0.291. The van der Waals surface area contributed by atoms with E-state index in [4.69, 9.17) is 27.9 Å². The number of esters is 1. The number of benzene rings is 2. The van der Waals surface area contributed by atoms with Crippen molar-refractivity contribution in [2.45, 2.75) is 40.2 Å². The van der Waals surface area contributed by atoms with Gasteiger partial charge in [0.1, 0.15) is 0 Å². The molecule has 0 aliphatic carbocycles. The normalized spacial score (nSPS) is 15.6. The van der Waals surface area contributed by atoms with E-state index in [-0.39, 0.29) is 18.6 Å². The molecule has 1 atom stereocenters. The average molecular weight is 533 g/mol. The highest BCUT2D eigenvalue weighted by atomic mass is 35.5. The number of para-hydroxylation sites is 1. The smallest absolute Gasteiger partial charge is 0.338 e. The molecule has 4 amide bonds. The Bertz CT molecular complexity index is 1140. The summed E-state index contributed by atoms with van der Waals surface area (Å²) in [5.41, 5.74) is 2.43. The van der Waals surface area contributed by atoms with Crippen LogP contribution in [0, 0.1) is 5.92 Å². The van der Waals surface area contributed by atoms with Crippen LogP contribution in [0.3, 0.4) is 0 Å². The summed E-state index contributed by atoms with van der Waals surface area (Å²) in [5, 5.41) is 8.90. The quantitative estimate of drug-likeness (QED) is 0.334. The lowest BCUT2D eigenvalue weighted by Gasteiger charge is -2.35. The Balaban J connectivity index is 1.81. The molecule has 2 aromatic carbocycles. The van der Waals surface area contributed by atoms with Crippen molar-refractivity contribution < 1.29 is 19.1 Å². The van der Waals surface area contributed by atoms with E-state index in [1.807, 2.05) is 20.8 Å². The molecule has 1 aliphatic heterocycles. The second-order valence-corrected chi connectivity index (χ2v) is 9.64. The predicted molar refractivity (Wildman–Crippen MR) is 142 cm³/mol. The molecule has 1 heterocycles. The zero-order chi connectivity index (χ0) is 26.4. The van der Waals surface area contributed by atoms with Gasteiger partial charge in [0.05, 0.1) is 34.0 Å². The van der Waals surface area contributed by atoms with E-state index in [0.29, 0.717) is 44.8 Å². The van der Waals surface area contributed by atoms with Crippen molar-refractivity contribution in [3.63, 3.8) is 0 Å². The van der Waals surface area contributed by atoms with Gasteiger partial charge < -0.3 is 20.7 Å². The highest BCUT2D eigenvalue weighted by Gasteiger charge is 2.36. The van der Waals surface area contributed by atoms with Crippen molar-refractivity contribution >= 4 is 52.6 Å². The van der Waals surface area contributed by atoms with Crippen LogP contribution in [0.5, 0.6) is 0 Å². The number of nitrogens with zero attached hydrogens (tertiary/aromatic N) is 1. The molecule has 0 aromatic heterocycles. The zero-order valence-corrected chi connectivity index (χ0v) is 22.2. The first-order valence-electron chi connectivity index (χ1n) is 11.7. The number of ether oxygens (including phenoxy) is 1. The van der Waals surface area contributed by atoms with Crippen molar-refractivity contribution in [3.05, 3.63) is 69.3 Å². The molecule has 3 rings (SSSR count). The average Bonchev–Trinajstić information content (AvgIpc) is 2.83. The van der Waals surface area contributed by atoms with Crippen molar-refractivity contribution in [1.82, 2.24) is 10.2 Å². The molecule has 0 saturated carbocycles. The maximum atomic E-state index is 13.0. The molecule has 10 heteroatoms. The number of urea groups is 2. The van der Waals surface area contributed by atoms with Crippen molar-refractivity contribution in [1.29, 1.82) is 0 Å². The first-order valence-corrected chi connectivity index (χ1v) is 12.5. The van der Waals surface area contributed by atoms with E-state index >= 15 is 0 Å². The molecular formula is C26H30Cl2N4O4.